The van der Waals surface area contributed by atoms with Crippen LogP contribution in [-0.2, 0) is 4.74 Å². The summed E-state index contributed by atoms with van der Waals surface area (Å²) in [6.07, 6.45) is 4.24. The van der Waals surface area contributed by atoms with Crippen molar-refractivity contribution in [1.29, 1.82) is 0 Å². The lowest BCUT2D eigenvalue weighted by atomic mass is 9.95. The van der Waals surface area contributed by atoms with Crippen LogP contribution in [0.25, 0.3) is 11.0 Å². The number of ether oxygens (including phenoxy) is 1. The first kappa shape index (κ1) is 13.3. The Bertz CT molecular complexity index is 669. The fourth-order valence-corrected chi connectivity index (χ4v) is 4.23. The minimum atomic E-state index is -0.0841. The number of alkyl halides is 1. The van der Waals surface area contributed by atoms with Gasteiger partial charge in [0.05, 0.1) is 34.7 Å². The molecule has 0 aliphatic carbocycles. The molecule has 2 fully saturated rings. The fraction of sp³-hybridized carbons (Fsp3) is 0.533. The van der Waals surface area contributed by atoms with Crippen molar-refractivity contribution in [2.75, 3.05) is 0 Å². The van der Waals surface area contributed by atoms with Gasteiger partial charge in [-0.25, -0.2) is 4.98 Å². The van der Waals surface area contributed by atoms with Crippen molar-refractivity contribution in [3.05, 3.63) is 27.6 Å². The Labute approximate surface area is 136 Å². The average Bonchev–Trinajstić information content (AvgIpc) is 3.09. The topological polar surface area (TPSA) is 27.1 Å². The number of hydrogen-bond acceptors (Lipinski definition) is 2. The second-order valence-electron chi connectivity index (χ2n) is 5.77. The Morgan fingerprint density at radius 1 is 1.45 bits per heavy atom. The van der Waals surface area contributed by atoms with Gasteiger partial charge in [-0.1, -0.05) is 0 Å². The minimum absolute atomic E-state index is 0.0841. The number of rotatable bonds is 2. The van der Waals surface area contributed by atoms with Gasteiger partial charge in [-0.2, -0.15) is 0 Å². The fourth-order valence-electron chi connectivity index (χ4n) is 3.60. The summed E-state index contributed by atoms with van der Waals surface area (Å²) in [6.45, 7) is 2.00. The van der Waals surface area contributed by atoms with Gasteiger partial charge >= 0.3 is 0 Å². The number of aromatic nitrogens is 2. The van der Waals surface area contributed by atoms with E-state index in [4.69, 9.17) is 21.3 Å². The highest BCUT2D eigenvalue weighted by molar-refractivity contribution is 14.1. The zero-order valence-electron chi connectivity index (χ0n) is 11.2. The van der Waals surface area contributed by atoms with Crippen LogP contribution in [-0.4, -0.2) is 21.8 Å². The lowest BCUT2D eigenvalue weighted by Crippen LogP contribution is -2.22. The van der Waals surface area contributed by atoms with Crippen LogP contribution in [0.2, 0.25) is 0 Å². The molecule has 2 saturated heterocycles. The maximum Gasteiger partial charge on any atom is 0.128 e. The van der Waals surface area contributed by atoms with Crippen LogP contribution in [0.3, 0.4) is 0 Å². The minimum Gasteiger partial charge on any atom is -0.373 e. The van der Waals surface area contributed by atoms with Crippen molar-refractivity contribution in [1.82, 2.24) is 9.55 Å². The van der Waals surface area contributed by atoms with Crippen LogP contribution < -0.4 is 0 Å². The first-order chi connectivity index (χ1) is 9.63. The van der Waals surface area contributed by atoms with Crippen molar-refractivity contribution in [2.24, 2.45) is 0 Å². The number of hydrogen-bond donors (Lipinski definition) is 0. The van der Waals surface area contributed by atoms with Gasteiger partial charge in [0.1, 0.15) is 5.82 Å². The van der Waals surface area contributed by atoms with Crippen LogP contribution in [0, 0.1) is 3.57 Å². The van der Waals surface area contributed by atoms with Crippen LogP contribution in [0.15, 0.2) is 18.2 Å². The Morgan fingerprint density at radius 3 is 2.95 bits per heavy atom. The van der Waals surface area contributed by atoms with Crippen molar-refractivity contribution >= 4 is 45.2 Å². The van der Waals surface area contributed by atoms with Crippen molar-refractivity contribution in [2.45, 2.75) is 49.8 Å². The average molecular weight is 403 g/mol. The molecule has 1 aromatic heterocycles. The molecule has 2 aliphatic rings. The lowest BCUT2D eigenvalue weighted by Gasteiger charge is -2.23. The number of fused-ring (bicyclic) bond motifs is 3. The molecule has 0 spiro atoms. The zero-order chi connectivity index (χ0) is 13.9. The van der Waals surface area contributed by atoms with Gasteiger partial charge in [-0.3, -0.25) is 0 Å². The van der Waals surface area contributed by atoms with E-state index in [2.05, 4.69) is 45.4 Å². The molecule has 4 unspecified atom stereocenters. The van der Waals surface area contributed by atoms with E-state index >= 15 is 0 Å². The molecule has 20 heavy (non-hydrogen) atoms. The third-order valence-corrected chi connectivity index (χ3v) is 5.31. The SMILES string of the molecule is CC(Cl)c1nc2cc(I)ccc2n1C1CC2CCC1O2. The number of halogens is 2. The molecular formula is C15H16ClIN2O. The second-order valence-corrected chi connectivity index (χ2v) is 7.67. The van der Waals surface area contributed by atoms with Gasteiger partial charge in [0.2, 0.25) is 0 Å². The van der Waals surface area contributed by atoms with Crippen molar-refractivity contribution < 1.29 is 4.74 Å². The third-order valence-electron chi connectivity index (χ3n) is 4.44. The second kappa shape index (κ2) is 4.85. The predicted molar refractivity (Wildman–Crippen MR) is 88.3 cm³/mol. The molecule has 0 amide bonds. The van der Waals surface area contributed by atoms with Gasteiger partial charge < -0.3 is 9.30 Å². The molecule has 1 aromatic carbocycles. The molecule has 0 saturated carbocycles. The zero-order valence-corrected chi connectivity index (χ0v) is 14.1. The van der Waals surface area contributed by atoms with E-state index in [-0.39, 0.29) is 5.38 Å². The van der Waals surface area contributed by atoms with Gasteiger partial charge in [-0.15, -0.1) is 11.6 Å². The summed E-state index contributed by atoms with van der Waals surface area (Å²) < 4.78 is 9.57. The summed E-state index contributed by atoms with van der Waals surface area (Å²) >= 11 is 8.70. The molecule has 5 heteroatoms. The number of benzene rings is 1. The van der Waals surface area contributed by atoms with Gasteiger partial charge in [0.15, 0.2) is 0 Å². The molecule has 0 N–H and O–H groups in total. The monoisotopic (exact) mass is 402 g/mol. The largest absolute Gasteiger partial charge is 0.373 e. The first-order valence-corrected chi connectivity index (χ1v) is 8.62. The highest BCUT2D eigenvalue weighted by Crippen LogP contribution is 2.44. The summed E-state index contributed by atoms with van der Waals surface area (Å²) in [6, 6.07) is 6.83. The maximum atomic E-state index is 6.37. The molecule has 0 radical (unpaired) electrons. The van der Waals surface area contributed by atoms with Crippen LogP contribution in [0.1, 0.15) is 43.4 Å². The summed E-state index contributed by atoms with van der Waals surface area (Å²) in [7, 11) is 0. The van der Waals surface area contributed by atoms with E-state index in [1.165, 1.54) is 15.5 Å². The Balaban J connectivity index is 1.90. The van der Waals surface area contributed by atoms with Crippen LogP contribution in [0.4, 0.5) is 0 Å². The molecule has 3 nitrogen and oxygen atoms in total. The lowest BCUT2D eigenvalue weighted by molar-refractivity contribution is 0.0939. The molecule has 4 rings (SSSR count). The number of nitrogens with zero attached hydrogens (tertiary/aromatic N) is 2. The van der Waals surface area contributed by atoms with E-state index in [1.807, 2.05) is 6.92 Å². The Morgan fingerprint density at radius 2 is 2.30 bits per heavy atom. The van der Waals surface area contributed by atoms with Crippen molar-refractivity contribution in [3.8, 4) is 0 Å². The Kier molecular flexibility index (Phi) is 3.23. The molecule has 4 atom stereocenters. The van der Waals surface area contributed by atoms with Crippen LogP contribution >= 0.6 is 34.2 Å². The normalized spacial score (nSPS) is 30.2. The van der Waals surface area contributed by atoms with E-state index in [0.29, 0.717) is 18.2 Å². The summed E-state index contributed by atoms with van der Waals surface area (Å²) in [5.41, 5.74) is 2.23. The molecule has 2 aromatic rings. The van der Waals surface area contributed by atoms with E-state index < -0.39 is 0 Å². The molecule has 106 valence electrons. The van der Waals surface area contributed by atoms with Gasteiger partial charge in [0.25, 0.3) is 0 Å². The summed E-state index contributed by atoms with van der Waals surface area (Å²) in [5.74, 6) is 0.977. The highest BCUT2D eigenvalue weighted by atomic mass is 127. The highest BCUT2D eigenvalue weighted by Gasteiger charge is 2.43. The van der Waals surface area contributed by atoms with Crippen LogP contribution in [0.5, 0.6) is 0 Å². The molecule has 2 aliphatic heterocycles. The summed E-state index contributed by atoms with van der Waals surface area (Å²) in [5, 5.41) is -0.0841. The predicted octanol–water partition coefficient (Wildman–Crippen LogP) is 4.43. The quantitative estimate of drug-likeness (QED) is 0.549. The van der Waals surface area contributed by atoms with E-state index in [0.717, 1.165) is 24.2 Å². The maximum absolute atomic E-state index is 6.37. The van der Waals surface area contributed by atoms with Gasteiger partial charge in [0, 0.05) is 3.57 Å². The molecule has 2 bridgehead atoms. The first-order valence-electron chi connectivity index (χ1n) is 7.10. The third kappa shape index (κ3) is 1.99. The van der Waals surface area contributed by atoms with E-state index in [1.54, 1.807) is 0 Å². The van der Waals surface area contributed by atoms with Crippen molar-refractivity contribution in [3.63, 3.8) is 0 Å². The Hall–Kier alpha value is -0.330. The van der Waals surface area contributed by atoms with E-state index in [9.17, 15) is 0 Å². The molecular weight excluding hydrogens is 387 g/mol. The summed E-state index contributed by atoms with van der Waals surface area (Å²) in [4.78, 5) is 4.77. The number of imidazole rings is 1. The van der Waals surface area contributed by atoms with Gasteiger partial charge in [-0.05, 0) is 67.0 Å². The molecule has 3 heterocycles. The standard InChI is InChI=1S/C15H16ClIN2O/c1-8(16)15-18-11-6-9(17)2-4-12(11)19(15)13-7-10-3-5-14(13)20-10/h2,4,6,8,10,13-14H,3,5,7H2,1H3. The smallest absolute Gasteiger partial charge is 0.128 e.